The SMILES string of the molecule is CC12C=CC(C1)C(=O)CC2=O. The van der Waals surface area contributed by atoms with Crippen LogP contribution in [0.1, 0.15) is 19.8 Å². The van der Waals surface area contributed by atoms with Gasteiger partial charge in [-0.1, -0.05) is 12.2 Å². The van der Waals surface area contributed by atoms with Crippen LogP contribution in [0.25, 0.3) is 0 Å². The van der Waals surface area contributed by atoms with Gasteiger partial charge in [-0.25, -0.2) is 0 Å². The van der Waals surface area contributed by atoms with Crippen LogP contribution < -0.4 is 0 Å². The molecular weight excluding hydrogens is 140 g/mol. The van der Waals surface area contributed by atoms with Crippen molar-refractivity contribution in [3.63, 3.8) is 0 Å². The van der Waals surface area contributed by atoms with Crippen molar-refractivity contribution in [3.05, 3.63) is 12.2 Å². The molecule has 2 aliphatic rings. The van der Waals surface area contributed by atoms with Crippen molar-refractivity contribution in [1.82, 2.24) is 0 Å². The van der Waals surface area contributed by atoms with E-state index in [4.69, 9.17) is 0 Å². The quantitative estimate of drug-likeness (QED) is 0.383. The maximum atomic E-state index is 11.3. The second-order valence-electron chi connectivity index (χ2n) is 3.65. The monoisotopic (exact) mass is 150 g/mol. The van der Waals surface area contributed by atoms with Crippen molar-refractivity contribution in [3.8, 4) is 0 Å². The number of carbonyl (C=O) groups is 2. The van der Waals surface area contributed by atoms with Crippen LogP contribution in [-0.4, -0.2) is 11.6 Å². The minimum absolute atomic E-state index is 0.0395. The van der Waals surface area contributed by atoms with Crippen LogP contribution in [0.3, 0.4) is 0 Å². The van der Waals surface area contributed by atoms with Gasteiger partial charge in [0.25, 0.3) is 0 Å². The van der Waals surface area contributed by atoms with Gasteiger partial charge in [0.05, 0.1) is 6.42 Å². The topological polar surface area (TPSA) is 34.1 Å². The number of allylic oxidation sites excluding steroid dienone is 2. The fourth-order valence-corrected chi connectivity index (χ4v) is 1.84. The minimum Gasteiger partial charge on any atom is -0.299 e. The Hall–Kier alpha value is -0.920. The molecule has 0 aliphatic heterocycles. The molecule has 1 saturated carbocycles. The largest absolute Gasteiger partial charge is 0.299 e. The predicted octanol–water partition coefficient (Wildman–Crippen LogP) is 1.11. The zero-order valence-electron chi connectivity index (χ0n) is 6.46. The van der Waals surface area contributed by atoms with Crippen molar-refractivity contribution in [2.24, 2.45) is 11.3 Å². The second kappa shape index (κ2) is 1.81. The fraction of sp³-hybridized carbons (Fsp3) is 0.556. The zero-order chi connectivity index (χ0) is 8.06. The molecule has 0 aromatic heterocycles. The van der Waals surface area contributed by atoms with Crippen LogP contribution in [0.5, 0.6) is 0 Å². The molecule has 0 amide bonds. The average molecular weight is 150 g/mol. The number of Topliss-reactive ketones (excluding diaryl/α,β-unsaturated/α-hetero) is 2. The van der Waals surface area contributed by atoms with E-state index in [0.717, 1.165) is 0 Å². The summed E-state index contributed by atoms with van der Waals surface area (Å²) >= 11 is 0. The third-order valence-electron chi connectivity index (χ3n) is 2.73. The van der Waals surface area contributed by atoms with Crippen molar-refractivity contribution >= 4 is 11.6 Å². The van der Waals surface area contributed by atoms with E-state index in [9.17, 15) is 9.59 Å². The lowest BCUT2D eigenvalue weighted by molar-refractivity contribution is -0.136. The summed E-state index contributed by atoms with van der Waals surface area (Å²) in [4.78, 5) is 22.4. The summed E-state index contributed by atoms with van der Waals surface area (Å²) in [6.45, 7) is 1.91. The summed E-state index contributed by atoms with van der Waals surface area (Å²) in [7, 11) is 0. The van der Waals surface area contributed by atoms with Crippen LogP contribution in [0, 0.1) is 11.3 Å². The third-order valence-corrected chi connectivity index (χ3v) is 2.73. The molecular formula is C9H10O2. The highest BCUT2D eigenvalue weighted by atomic mass is 16.2. The Morgan fingerprint density at radius 1 is 1.55 bits per heavy atom. The third kappa shape index (κ3) is 0.785. The van der Waals surface area contributed by atoms with Gasteiger partial charge in [0, 0.05) is 11.3 Å². The molecule has 2 bridgehead atoms. The lowest BCUT2D eigenvalue weighted by Crippen LogP contribution is -2.34. The van der Waals surface area contributed by atoms with Gasteiger partial charge in [-0.15, -0.1) is 0 Å². The van der Waals surface area contributed by atoms with Gasteiger partial charge in [-0.2, -0.15) is 0 Å². The van der Waals surface area contributed by atoms with E-state index in [2.05, 4.69) is 0 Å². The highest BCUT2D eigenvalue weighted by Crippen LogP contribution is 2.41. The highest BCUT2D eigenvalue weighted by Gasteiger charge is 2.44. The standard InChI is InChI=1S/C9H10O2/c1-9-3-2-6(5-9)7(10)4-8(9)11/h2-3,6H,4-5H2,1H3. The first-order valence-electron chi connectivity index (χ1n) is 3.87. The molecule has 0 N–H and O–H groups in total. The first kappa shape index (κ1) is 6.77. The smallest absolute Gasteiger partial charge is 0.149 e. The van der Waals surface area contributed by atoms with Gasteiger partial charge in [0.1, 0.15) is 11.6 Å². The molecule has 2 heteroatoms. The number of fused-ring (bicyclic) bond motifs is 2. The van der Waals surface area contributed by atoms with E-state index in [1.165, 1.54) is 0 Å². The second-order valence-corrected chi connectivity index (χ2v) is 3.65. The Labute approximate surface area is 65.3 Å². The van der Waals surface area contributed by atoms with Gasteiger partial charge >= 0.3 is 0 Å². The first-order valence-corrected chi connectivity index (χ1v) is 3.87. The molecule has 0 aromatic carbocycles. The molecule has 0 spiro atoms. The Balaban J connectivity index is 2.40. The summed E-state index contributed by atoms with van der Waals surface area (Å²) < 4.78 is 0. The van der Waals surface area contributed by atoms with Gasteiger partial charge in [-0.3, -0.25) is 9.59 Å². The fourth-order valence-electron chi connectivity index (χ4n) is 1.84. The number of carbonyl (C=O) groups excluding carboxylic acids is 2. The molecule has 0 aromatic rings. The van der Waals surface area contributed by atoms with Gasteiger partial charge in [0.2, 0.25) is 0 Å². The molecule has 2 aliphatic carbocycles. The van der Waals surface area contributed by atoms with Crippen LogP contribution in [0.4, 0.5) is 0 Å². The number of hydrogen-bond acceptors (Lipinski definition) is 2. The molecule has 2 nitrogen and oxygen atoms in total. The summed E-state index contributed by atoms with van der Waals surface area (Å²) in [6.07, 6.45) is 4.64. The number of ketones is 2. The summed E-state index contributed by atoms with van der Waals surface area (Å²) in [5.41, 5.74) is -0.307. The van der Waals surface area contributed by atoms with E-state index >= 15 is 0 Å². The Bertz CT molecular complexity index is 265. The Morgan fingerprint density at radius 3 is 3.00 bits per heavy atom. The molecule has 2 rings (SSSR count). The molecule has 0 saturated heterocycles. The van der Waals surface area contributed by atoms with Crippen molar-refractivity contribution in [2.45, 2.75) is 19.8 Å². The van der Waals surface area contributed by atoms with E-state index < -0.39 is 0 Å². The molecule has 58 valence electrons. The maximum Gasteiger partial charge on any atom is 0.149 e. The summed E-state index contributed by atoms with van der Waals surface area (Å²) in [5, 5.41) is 0. The lowest BCUT2D eigenvalue weighted by atomic mass is 9.75. The summed E-state index contributed by atoms with van der Waals surface area (Å²) in [6, 6.07) is 0. The molecule has 2 unspecified atom stereocenters. The van der Waals surface area contributed by atoms with Crippen molar-refractivity contribution in [2.75, 3.05) is 0 Å². The molecule has 1 fully saturated rings. The number of hydrogen-bond donors (Lipinski definition) is 0. The van der Waals surface area contributed by atoms with Gasteiger partial charge < -0.3 is 0 Å². The molecule has 0 heterocycles. The van der Waals surface area contributed by atoms with Crippen LogP contribution in [0.15, 0.2) is 12.2 Å². The van der Waals surface area contributed by atoms with Crippen molar-refractivity contribution in [1.29, 1.82) is 0 Å². The van der Waals surface area contributed by atoms with E-state index in [-0.39, 0.29) is 29.3 Å². The molecule has 0 radical (unpaired) electrons. The summed E-state index contributed by atoms with van der Waals surface area (Å²) in [5.74, 6) is 0.228. The van der Waals surface area contributed by atoms with Crippen LogP contribution in [-0.2, 0) is 9.59 Å². The highest BCUT2D eigenvalue weighted by molar-refractivity contribution is 6.07. The predicted molar refractivity (Wildman–Crippen MR) is 40.0 cm³/mol. The Morgan fingerprint density at radius 2 is 2.27 bits per heavy atom. The van der Waals surface area contributed by atoms with Gasteiger partial charge in [0.15, 0.2) is 0 Å². The van der Waals surface area contributed by atoms with E-state index in [1.807, 2.05) is 19.1 Å². The average Bonchev–Trinajstić information content (AvgIpc) is 2.28. The zero-order valence-corrected chi connectivity index (χ0v) is 6.46. The first-order chi connectivity index (χ1) is 5.12. The van der Waals surface area contributed by atoms with E-state index in [0.29, 0.717) is 6.42 Å². The molecule has 11 heavy (non-hydrogen) atoms. The maximum absolute atomic E-state index is 11.3. The Kier molecular flexibility index (Phi) is 1.12. The molecule has 2 atom stereocenters. The van der Waals surface area contributed by atoms with Crippen LogP contribution >= 0.6 is 0 Å². The van der Waals surface area contributed by atoms with Crippen molar-refractivity contribution < 1.29 is 9.59 Å². The lowest BCUT2D eigenvalue weighted by Gasteiger charge is -2.26. The van der Waals surface area contributed by atoms with E-state index in [1.54, 1.807) is 0 Å². The van der Waals surface area contributed by atoms with Gasteiger partial charge in [-0.05, 0) is 13.3 Å². The normalized spacial score (nSPS) is 41.7. The number of rotatable bonds is 0. The minimum atomic E-state index is -0.307. The van der Waals surface area contributed by atoms with Crippen LogP contribution in [0.2, 0.25) is 0 Å².